The van der Waals surface area contributed by atoms with Crippen molar-refractivity contribution in [3.63, 3.8) is 0 Å². The average molecular weight is 187 g/mol. The van der Waals surface area contributed by atoms with Crippen LogP contribution in [-0.2, 0) is 5.41 Å². The summed E-state index contributed by atoms with van der Waals surface area (Å²) >= 11 is 3.55. The van der Waals surface area contributed by atoms with Gasteiger partial charge in [0, 0.05) is 5.41 Å². The summed E-state index contributed by atoms with van der Waals surface area (Å²) in [6.07, 6.45) is 4.04. The van der Waals surface area contributed by atoms with E-state index < -0.39 is 0 Å². The highest BCUT2D eigenvalue weighted by molar-refractivity contribution is 8.00. The minimum atomic E-state index is 0.207. The summed E-state index contributed by atoms with van der Waals surface area (Å²) in [7, 11) is 0. The van der Waals surface area contributed by atoms with Crippen LogP contribution in [0.2, 0.25) is 0 Å². The topological polar surface area (TPSA) is 12.9 Å². The van der Waals surface area contributed by atoms with Crippen molar-refractivity contribution in [2.75, 3.05) is 6.26 Å². The van der Waals surface area contributed by atoms with Gasteiger partial charge in [-0.25, -0.2) is 4.98 Å². The number of hydrogen-bond donors (Lipinski definition) is 0. The van der Waals surface area contributed by atoms with Crippen LogP contribution in [0.4, 0.5) is 0 Å². The SMILES string of the molecule is CSc1cnc(C(C)(C)C)s1. The Kier molecular flexibility index (Phi) is 2.60. The molecule has 3 heteroatoms. The third kappa shape index (κ3) is 2.20. The lowest BCUT2D eigenvalue weighted by Gasteiger charge is -2.13. The first-order valence-electron chi connectivity index (χ1n) is 3.54. The fourth-order valence-electron chi connectivity index (χ4n) is 0.700. The highest BCUT2D eigenvalue weighted by Gasteiger charge is 2.17. The largest absolute Gasteiger partial charge is 0.248 e. The van der Waals surface area contributed by atoms with E-state index in [9.17, 15) is 0 Å². The maximum atomic E-state index is 4.36. The van der Waals surface area contributed by atoms with Gasteiger partial charge in [0.15, 0.2) is 0 Å². The number of thioether (sulfide) groups is 1. The summed E-state index contributed by atoms with van der Waals surface area (Å²) < 4.78 is 1.30. The van der Waals surface area contributed by atoms with Gasteiger partial charge in [0.1, 0.15) is 0 Å². The lowest BCUT2D eigenvalue weighted by molar-refractivity contribution is 0.585. The molecule has 0 spiro atoms. The van der Waals surface area contributed by atoms with Crippen LogP contribution >= 0.6 is 23.1 Å². The van der Waals surface area contributed by atoms with Gasteiger partial charge in [0.05, 0.1) is 15.4 Å². The van der Waals surface area contributed by atoms with E-state index in [0.717, 1.165) is 0 Å². The molecule has 0 aliphatic heterocycles. The van der Waals surface area contributed by atoms with Crippen molar-refractivity contribution < 1.29 is 0 Å². The van der Waals surface area contributed by atoms with E-state index in [4.69, 9.17) is 0 Å². The third-order valence-electron chi connectivity index (χ3n) is 1.33. The molecular weight excluding hydrogens is 174 g/mol. The van der Waals surface area contributed by atoms with Gasteiger partial charge in [-0.1, -0.05) is 20.8 Å². The molecular formula is C8H13NS2. The number of hydrogen-bond acceptors (Lipinski definition) is 3. The van der Waals surface area contributed by atoms with Crippen molar-refractivity contribution in [1.29, 1.82) is 0 Å². The van der Waals surface area contributed by atoms with Gasteiger partial charge in [-0.2, -0.15) is 0 Å². The monoisotopic (exact) mass is 187 g/mol. The lowest BCUT2D eigenvalue weighted by atomic mass is 9.98. The Morgan fingerprint density at radius 1 is 1.45 bits per heavy atom. The van der Waals surface area contributed by atoms with Crippen LogP contribution < -0.4 is 0 Å². The molecule has 0 saturated carbocycles. The first-order chi connectivity index (χ1) is 5.04. The second kappa shape index (κ2) is 3.15. The fraction of sp³-hybridized carbons (Fsp3) is 0.625. The minimum absolute atomic E-state index is 0.207. The number of thiazole rings is 1. The summed E-state index contributed by atoms with van der Waals surface area (Å²) in [6, 6.07) is 0. The average Bonchev–Trinajstić information content (AvgIpc) is 2.32. The van der Waals surface area contributed by atoms with Crippen LogP contribution in [0, 0.1) is 0 Å². The summed E-state index contributed by atoms with van der Waals surface area (Å²) in [5.41, 5.74) is 0.207. The number of rotatable bonds is 1. The standard InChI is InChI=1S/C8H13NS2/c1-8(2,3)7-9-5-6(10-4)11-7/h5H,1-4H3. The van der Waals surface area contributed by atoms with Gasteiger partial charge in [0.2, 0.25) is 0 Å². The Labute approximate surface area is 76.2 Å². The summed E-state index contributed by atoms with van der Waals surface area (Å²) in [4.78, 5) is 4.36. The second-order valence-electron chi connectivity index (χ2n) is 3.44. The summed E-state index contributed by atoms with van der Waals surface area (Å²) in [6.45, 7) is 6.57. The molecule has 0 bridgehead atoms. The highest BCUT2D eigenvalue weighted by atomic mass is 32.2. The molecule has 1 aromatic heterocycles. The summed E-state index contributed by atoms with van der Waals surface area (Å²) in [5.74, 6) is 0. The number of aromatic nitrogens is 1. The molecule has 1 rings (SSSR count). The molecule has 1 nitrogen and oxygen atoms in total. The quantitative estimate of drug-likeness (QED) is 0.626. The predicted octanol–water partition coefficient (Wildman–Crippen LogP) is 3.16. The third-order valence-corrected chi connectivity index (χ3v) is 3.80. The van der Waals surface area contributed by atoms with E-state index in [1.807, 2.05) is 6.20 Å². The zero-order valence-corrected chi connectivity index (χ0v) is 8.97. The molecule has 0 aliphatic carbocycles. The van der Waals surface area contributed by atoms with Crippen LogP contribution in [0.25, 0.3) is 0 Å². The van der Waals surface area contributed by atoms with Crippen molar-refractivity contribution in [3.8, 4) is 0 Å². The molecule has 62 valence electrons. The molecule has 11 heavy (non-hydrogen) atoms. The molecule has 0 amide bonds. The molecule has 0 fully saturated rings. The van der Waals surface area contributed by atoms with Gasteiger partial charge < -0.3 is 0 Å². The molecule has 0 atom stereocenters. The van der Waals surface area contributed by atoms with Crippen molar-refractivity contribution in [2.45, 2.75) is 30.4 Å². The normalized spacial score (nSPS) is 12.0. The Bertz CT molecular complexity index is 234. The first-order valence-corrected chi connectivity index (χ1v) is 5.58. The predicted molar refractivity (Wildman–Crippen MR) is 52.6 cm³/mol. The van der Waals surface area contributed by atoms with Gasteiger partial charge in [0.25, 0.3) is 0 Å². The van der Waals surface area contributed by atoms with Crippen LogP contribution in [-0.4, -0.2) is 11.2 Å². The lowest BCUT2D eigenvalue weighted by Crippen LogP contribution is -2.09. The van der Waals surface area contributed by atoms with Crippen LogP contribution in [0.3, 0.4) is 0 Å². The Balaban J connectivity index is 2.89. The Morgan fingerprint density at radius 2 is 2.09 bits per heavy atom. The zero-order chi connectivity index (χ0) is 8.48. The smallest absolute Gasteiger partial charge is 0.0989 e. The van der Waals surface area contributed by atoms with Crippen molar-refractivity contribution >= 4 is 23.1 Å². The number of nitrogens with zero attached hydrogens (tertiary/aromatic N) is 1. The Morgan fingerprint density at radius 3 is 2.36 bits per heavy atom. The fourth-order valence-corrected chi connectivity index (χ4v) is 2.14. The molecule has 0 radical (unpaired) electrons. The molecule has 0 saturated heterocycles. The van der Waals surface area contributed by atoms with Crippen molar-refractivity contribution in [3.05, 3.63) is 11.2 Å². The first kappa shape index (κ1) is 9.07. The molecule has 0 aliphatic rings. The zero-order valence-electron chi connectivity index (χ0n) is 7.34. The van der Waals surface area contributed by atoms with E-state index in [1.54, 1.807) is 23.1 Å². The van der Waals surface area contributed by atoms with Gasteiger partial charge in [-0.3, -0.25) is 0 Å². The van der Waals surface area contributed by atoms with Gasteiger partial charge in [-0.05, 0) is 6.26 Å². The minimum Gasteiger partial charge on any atom is -0.248 e. The van der Waals surface area contributed by atoms with Crippen molar-refractivity contribution in [2.24, 2.45) is 0 Å². The van der Waals surface area contributed by atoms with Crippen LogP contribution in [0.15, 0.2) is 10.4 Å². The van der Waals surface area contributed by atoms with E-state index in [2.05, 4.69) is 32.0 Å². The molecule has 0 unspecified atom stereocenters. The molecule has 1 heterocycles. The molecule has 1 aromatic rings. The van der Waals surface area contributed by atoms with Gasteiger partial charge in [-0.15, -0.1) is 23.1 Å². The van der Waals surface area contributed by atoms with Gasteiger partial charge >= 0.3 is 0 Å². The summed E-state index contributed by atoms with van der Waals surface area (Å²) in [5, 5.41) is 1.22. The maximum Gasteiger partial charge on any atom is 0.0989 e. The highest BCUT2D eigenvalue weighted by Crippen LogP contribution is 2.30. The Hall–Kier alpha value is -0.0200. The van der Waals surface area contributed by atoms with E-state index in [-0.39, 0.29) is 5.41 Å². The molecule has 0 N–H and O–H groups in total. The van der Waals surface area contributed by atoms with E-state index in [0.29, 0.717) is 0 Å². The van der Waals surface area contributed by atoms with E-state index >= 15 is 0 Å². The van der Waals surface area contributed by atoms with Crippen LogP contribution in [0.5, 0.6) is 0 Å². The maximum absolute atomic E-state index is 4.36. The second-order valence-corrected chi connectivity index (χ2v) is 5.58. The van der Waals surface area contributed by atoms with Crippen LogP contribution in [0.1, 0.15) is 25.8 Å². The van der Waals surface area contributed by atoms with Crippen molar-refractivity contribution in [1.82, 2.24) is 4.98 Å². The molecule has 0 aromatic carbocycles. The van der Waals surface area contributed by atoms with E-state index in [1.165, 1.54) is 9.22 Å².